The molecule has 1 unspecified atom stereocenters. The van der Waals surface area contributed by atoms with Crippen LogP contribution in [0.4, 0.5) is 5.82 Å². The summed E-state index contributed by atoms with van der Waals surface area (Å²) in [4.78, 5) is 12.1. The van der Waals surface area contributed by atoms with E-state index < -0.39 is 0 Å². The highest BCUT2D eigenvalue weighted by Gasteiger charge is 2.28. The molecule has 3 aromatic rings. The molecule has 22 heavy (non-hydrogen) atoms. The summed E-state index contributed by atoms with van der Waals surface area (Å²) < 4.78 is 0. The van der Waals surface area contributed by atoms with Crippen molar-refractivity contribution in [3.63, 3.8) is 0 Å². The number of aromatic nitrogens is 2. The molecule has 4 rings (SSSR count). The molecule has 0 N–H and O–H groups in total. The zero-order valence-corrected chi connectivity index (χ0v) is 12.7. The second-order valence-electron chi connectivity index (χ2n) is 5.88. The Bertz CT molecular complexity index is 798. The number of hydrogen-bond donors (Lipinski definition) is 0. The monoisotopic (exact) mass is 289 g/mol. The van der Waals surface area contributed by atoms with Crippen molar-refractivity contribution < 1.29 is 0 Å². The summed E-state index contributed by atoms with van der Waals surface area (Å²) in [6.07, 6.45) is 2.38. The van der Waals surface area contributed by atoms with Crippen molar-refractivity contribution in [2.24, 2.45) is 0 Å². The average molecular weight is 289 g/mol. The number of aryl methyl sites for hydroxylation is 1. The Hall–Kier alpha value is -2.42. The van der Waals surface area contributed by atoms with Gasteiger partial charge in [0.25, 0.3) is 0 Å². The summed E-state index contributed by atoms with van der Waals surface area (Å²) >= 11 is 0. The van der Waals surface area contributed by atoms with Crippen molar-refractivity contribution in [3.8, 4) is 0 Å². The summed E-state index contributed by atoms with van der Waals surface area (Å²) in [6, 6.07) is 19.2. The SMILES string of the molecule is Cc1nc2ccccc2nc1N1CCCC1c1ccccc1. The number of benzene rings is 2. The van der Waals surface area contributed by atoms with Gasteiger partial charge in [-0.15, -0.1) is 0 Å². The van der Waals surface area contributed by atoms with Crippen LogP contribution in [-0.4, -0.2) is 16.5 Å². The van der Waals surface area contributed by atoms with Crippen molar-refractivity contribution in [2.45, 2.75) is 25.8 Å². The summed E-state index contributed by atoms with van der Waals surface area (Å²) in [6.45, 7) is 3.11. The maximum absolute atomic E-state index is 4.90. The Morgan fingerprint density at radius 1 is 0.909 bits per heavy atom. The van der Waals surface area contributed by atoms with Crippen LogP contribution in [0.1, 0.15) is 30.1 Å². The van der Waals surface area contributed by atoms with Crippen LogP contribution >= 0.6 is 0 Å². The molecule has 0 saturated carbocycles. The van der Waals surface area contributed by atoms with Crippen molar-refractivity contribution in [1.29, 1.82) is 0 Å². The molecule has 0 aliphatic carbocycles. The third kappa shape index (κ3) is 2.23. The van der Waals surface area contributed by atoms with E-state index in [4.69, 9.17) is 9.97 Å². The van der Waals surface area contributed by atoms with Crippen LogP contribution in [0.2, 0.25) is 0 Å². The van der Waals surface area contributed by atoms with E-state index in [-0.39, 0.29) is 0 Å². The van der Waals surface area contributed by atoms with Gasteiger partial charge in [-0.25, -0.2) is 9.97 Å². The first-order valence-electron chi connectivity index (χ1n) is 7.88. The van der Waals surface area contributed by atoms with Crippen LogP contribution in [0.5, 0.6) is 0 Å². The standard InChI is InChI=1S/C19H19N3/c1-14-19(21-17-11-6-5-10-16(17)20-14)22-13-7-12-18(22)15-8-3-2-4-9-15/h2-6,8-11,18H,7,12-13H2,1H3. The van der Waals surface area contributed by atoms with E-state index in [2.05, 4.69) is 42.2 Å². The fourth-order valence-electron chi connectivity index (χ4n) is 3.39. The number of hydrogen-bond acceptors (Lipinski definition) is 3. The van der Waals surface area contributed by atoms with E-state index in [9.17, 15) is 0 Å². The predicted molar refractivity (Wildman–Crippen MR) is 90.0 cm³/mol. The number of nitrogens with zero attached hydrogens (tertiary/aromatic N) is 3. The molecule has 0 radical (unpaired) electrons. The molecule has 3 nitrogen and oxygen atoms in total. The molecule has 1 atom stereocenters. The van der Waals surface area contributed by atoms with Crippen LogP contribution in [-0.2, 0) is 0 Å². The van der Waals surface area contributed by atoms with Gasteiger partial charge in [0.1, 0.15) is 0 Å². The molecule has 0 spiro atoms. The van der Waals surface area contributed by atoms with Gasteiger partial charge in [-0.3, -0.25) is 0 Å². The van der Waals surface area contributed by atoms with E-state index in [0.717, 1.165) is 29.1 Å². The summed E-state index contributed by atoms with van der Waals surface area (Å²) in [5, 5.41) is 0. The minimum Gasteiger partial charge on any atom is -0.348 e. The highest BCUT2D eigenvalue weighted by molar-refractivity contribution is 5.76. The molecule has 1 saturated heterocycles. The molecule has 0 bridgehead atoms. The quantitative estimate of drug-likeness (QED) is 0.705. The molecule has 1 aliphatic heterocycles. The number of rotatable bonds is 2. The Labute approximate surface area is 130 Å². The molecule has 1 aromatic heterocycles. The van der Waals surface area contributed by atoms with Crippen molar-refractivity contribution in [2.75, 3.05) is 11.4 Å². The van der Waals surface area contributed by atoms with Crippen LogP contribution in [0.15, 0.2) is 54.6 Å². The Kier molecular flexibility index (Phi) is 3.26. The first-order chi connectivity index (χ1) is 10.8. The Balaban J connectivity index is 1.78. The van der Waals surface area contributed by atoms with Gasteiger partial charge in [0.15, 0.2) is 5.82 Å². The second-order valence-corrected chi connectivity index (χ2v) is 5.88. The van der Waals surface area contributed by atoms with Gasteiger partial charge in [-0.1, -0.05) is 42.5 Å². The summed E-state index contributed by atoms with van der Waals surface area (Å²) in [7, 11) is 0. The zero-order chi connectivity index (χ0) is 14.9. The van der Waals surface area contributed by atoms with Gasteiger partial charge in [-0.05, 0) is 37.5 Å². The number of para-hydroxylation sites is 2. The first-order valence-corrected chi connectivity index (χ1v) is 7.88. The third-order valence-electron chi connectivity index (χ3n) is 4.43. The minimum atomic E-state index is 0.412. The third-order valence-corrected chi connectivity index (χ3v) is 4.43. The normalized spacial score (nSPS) is 18.0. The van der Waals surface area contributed by atoms with Gasteiger partial charge in [0, 0.05) is 6.54 Å². The van der Waals surface area contributed by atoms with Gasteiger partial charge < -0.3 is 4.90 Å². The Morgan fingerprint density at radius 3 is 2.36 bits per heavy atom. The zero-order valence-electron chi connectivity index (χ0n) is 12.7. The van der Waals surface area contributed by atoms with Crippen molar-refractivity contribution >= 4 is 16.9 Å². The van der Waals surface area contributed by atoms with Crippen molar-refractivity contribution in [3.05, 3.63) is 65.9 Å². The van der Waals surface area contributed by atoms with Crippen LogP contribution in [0.3, 0.4) is 0 Å². The largest absolute Gasteiger partial charge is 0.348 e. The smallest absolute Gasteiger partial charge is 0.151 e. The van der Waals surface area contributed by atoms with E-state index in [1.807, 2.05) is 24.3 Å². The maximum atomic E-state index is 4.90. The average Bonchev–Trinajstić information content (AvgIpc) is 3.04. The summed E-state index contributed by atoms with van der Waals surface area (Å²) in [5.74, 6) is 1.03. The molecule has 0 amide bonds. The Morgan fingerprint density at radius 2 is 1.59 bits per heavy atom. The van der Waals surface area contributed by atoms with E-state index in [1.165, 1.54) is 18.4 Å². The fraction of sp³-hybridized carbons (Fsp3) is 0.263. The van der Waals surface area contributed by atoms with Crippen LogP contribution in [0.25, 0.3) is 11.0 Å². The van der Waals surface area contributed by atoms with E-state index in [1.54, 1.807) is 0 Å². The van der Waals surface area contributed by atoms with E-state index in [0.29, 0.717) is 6.04 Å². The van der Waals surface area contributed by atoms with Gasteiger partial charge >= 0.3 is 0 Å². The lowest BCUT2D eigenvalue weighted by Gasteiger charge is -2.27. The molecule has 2 heterocycles. The topological polar surface area (TPSA) is 29.0 Å². The molecule has 2 aromatic carbocycles. The van der Waals surface area contributed by atoms with Crippen LogP contribution < -0.4 is 4.90 Å². The molecular weight excluding hydrogens is 270 g/mol. The molecular formula is C19H19N3. The van der Waals surface area contributed by atoms with Crippen molar-refractivity contribution in [1.82, 2.24) is 9.97 Å². The fourth-order valence-corrected chi connectivity index (χ4v) is 3.39. The van der Waals surface area contributed by atoms with Gasteiger partial charge in [0.2, 0.25) is 0 Å². The summed E-state index contributed by atoms with van der Waals surface area (Å²) in [5.41, 5.74) is 4.33. The van der Waals surface area contributed by atoms with E-state index >= 15 is 0 Å². The number of fused-ring (bicyclic) bond motifs is 1. The van der Waals surface area contributed by atoms with Crippen LogP contribution in [0, 0.1) is 6.92 Å². The lowest BCUT2D eigenvalue weighted by Crippen LogP contribution is -2.24. The number of anilines is 1. The highest BCUT2D eigenvalue weighted by atomic mass is 15.2. The van der Waals surface area contributed by atoms with Gasteiger partial charge in [-0.2, -0.15) is 0 Å². The second kappa shape index (κ2) is 5.41. The first kappa shape index (κ1) is 13.3. The molecule has 110 valence electrons. The minimum absolute atomic E-state index is 0.412. The molecule has 1 fully saturated rings. The predicted octanol–water partition coefficient (Wildman–Crippen LogP) is 4.28. The van der Waals surface area contributed by atoms with Gasteiger partial charge in [0.05, 0.1) is 22.8 Å². The lowest BCUT2D eigenvalue weighted by molar-refractivity contribution is 0.709. The molecule has 1 aliphatic rings. The lowest BCUT2D eigenvalue weighted by atomic mass is 10.0. The maximum Gasteiger partial charge on any atom is 0.151 e. The highest BCUT2D eigenvalue weighted by Crippen LogP contribution is 2.36. The molecule has 3 heteroatoms.